The zero-order valence-corrected chi connectivity index (χ0v) is 12.2. The van der Waals surface area contributed by atoms with Crippen molar-refractivity contribution in [1.29, 1.82) is 5.26 Å². The molecule has 0 aromatic carbocycles. The van der Waals surface area contributed by atoms with Crippen LogP contribution in [0.15, 0.2) is 0 Å². The molecular formula is C14H23N5O. The molecular weight excluding hydrogens is 254 g/mol. The van der Waals surface area contributed by atoms with Crippen molar-refractivity contribution in [2.24, 2.45) is 5.92 Å². The van der Waals surface area contributed by atoms with Gasteiger partial charge in [-0.2, -0.15) is 10.4 Å². The molecule has 1 aliphatic heterocycles. The average molecular weight is 277 g/mol. The summed E-state index contributed by atoms with van der Waals surface area (Å²) in [4.78, 5) is 1.97. The van der Waals surface area contributed by atoms with E-state index in [0.717, 1.165) is 25.8 Å². The molecule has 6 heteroatoms. The van der Waals surface area contributed by atoms with Crippen LogP contribution in [0, 0.1) is 17.2 Å². The highest BCUT2D eigenvalue weighted by molar-refractivity contribution is 5.65. The summed E-state index contributed by atoms with van der Waals surface area (Å²) in [7, 11) is 0. The van der Waals surface area contributed by atoms with Gasteiger partial charge in [0.05, 0.1) is 6.10 Å². The normalized spacial score (nSPS) is 19.4. The molecule has 1 aliphatic rings. The number of nitriles is 1. The van der Waals surface area contributed by atoms with Crippen molar-refractivity contribution >= 4 is 11.6 Å². The SMILES string of the molecule is CC(C)CCn1nc(N2CCCC(O)C2)c(C#N)c1N. The molecule has 110 valence electrons. The van der Waals surface area contributed by atoms with Gasteiger partial charge in [-0.3, -0.25) is 0 Å². The van der Waals surface area contributed by atoms with Crippen molar-refractivity contribution < 1.29 is 5.11 Å². The summed E-state index contributed by atoms with van der Waals surface area (Å²) in [6.45, 7) is 6.34. The Labute approximate surface area is 119 Å². The van der Waals surface area contributed by atoms with Gasteiger partial charge >= 0.3 is 0 Å². The van der Waals surface area contributed by atoms with Crippen LogP contribution in [0.3, 0.4) is 0 Å². The number of nitrogen functional groups attached to an aromatic ring is 1. The van der Waals surface area contributed by atoms with Crippen molar-refractivity contribution in [2.75, 3.05) is 23.7 Å². The van der Waals surface area contributed by atoms with Crippen molar-refractivity contribution in [3.63, 3.8) is 0 Å². The van der Waals surface area contributed by atoms with Gasteiger partial charge in [0, 0.05) is 19.6 Å². The van der Waals surface area contributed by atoms with E-state index in [4.69, 9.17) is 5.73 Å². The molecule has 0 amide bonds. The lowest BCUT2D eigenvalue weighted by molar-refractivity contribution is 0.153. The Morgan fingerprint density at radius 1 is 1.55 bits per heavy atom. The topological polar surface area (TPSA) is 91.1 Å². The maximum atomic E-state index is 9.77. The standard InChI is InChI=1S/C14H23N5O/c1-10(2)5-7-19-13(16)12(8-15)14(17-19)18-6-3-4-11(20)9-18/h10-11,20H,3-7,9,16H2,1-2H3. The molecule has 0 spiro atoms. The molecule has 1 atom stereocenters. The number of nitrogens with two attached hydrogens (primary N) is 1. The molecule has 1 unspecified atom stereocenters. The number of nitrogens with zero attached hydrogens (tertiary/aromatic N) is 4. The molecule has 3 N–H and O–H groups in total. The molecule has 1 fully saturated rings. The van der Waals surface area contributed by atoms with Crippen LogP contribution in [0.5, 0.6) is 0 Å². The summed E-state index contributed by atoms with van der Waals surface area (Å²) >= 11 is 0. The zero-order chi connectivity index (χ0) is 14.7. The Morgan fingerprint density at radius 3 is 2.90 bits per heavy atom. The van der Waals surface area contributed by atoms with Crippen molar-refractivity contribution in [2.45, 2.75) is 45.8 Å². The molecule has 2 rings (SSSR count). The number of hydrogen-bond donors (Lipinski definition) is 2. The van der Waals surface area contributed by atoms with E-state index >= 15 is 0 Å². The molecule has 1 aromatic rings. The van der Waals surface area contributed by atoms with E-state index in [1.807, 2.05) is 4.90 Å². The van der Waals surface area contributed by atoms with Crippen LogP contribution in [0.4, 0.5) is 11.6 Å². The number of aryl methyl sites for hydroxylation is 1. The third-order valence-corrected chi connectivity index (χ3v) is 3.70. The molecule has 2 heterocycles. The van der Waals surface area contributed by atoms with Gasteiger partial charge in [0.2, 0.25) is 0 Å². The highest BCUT2D eigenvalue weighted by Gasteiger charge is 2.25. The second-order valence-electron chi connectivity index (χ2n) is 5.84. The molecule has 0 aliphatic carbocycles. The number of aliphatic hydroxyl groups is 1. The van der Waals surface area contributed by atoms with Crippen LogP contribution in [0.25, 0.3) is 0 Å². The first-order chi connectivity index (χ1) is 9.52. The minimum absolute atomic E-state index is 0.350. The highest BCUT2D eigenvalue weighted by Crippen LogP contribution is 2.27. The maximum Gasteiger partial charge on any atom is 0.171 e. The summed E-state index contributed by atoms with van der Waals surface area (Å²) in [5, 5.41) is 23.6. The Kier molecular flexibility index (Phi) is 4.50. The van der Waals surface area contributed by atoms with Crippen LogP contribution in [-0.2, 0) is 6.54 Å². The predicted molar refractivity (Wildman–Crippen MR) is 78.3 cm³/mol. The van der Waals surface area contributed by atoms with Crippen LogP contribution >= 0.6 is 0 Å². The number of piperidine rings is 1. The molecule has 1 aromatic heterocycles. The summed E-state index contributed by atoms with van der Waals surface area (Å²) in [5.41, 5.74) is 6.46. The van der Waals surface area contributed by atoms with E-state index in [1.54, 1.807) is 4.68 Å². The number of anilines is 2. The van der Waals surface area contributed by atoms with E-state index in [-0.39, 0.29) is 6.10 Å². The second kappa shape index (κ2) is 6.14. The molecule has 0 bridgehead atoms. The van der Waals surface area contributed by atoms with E-state index < -0.39 is 0 Å². The zero-order valence-electron chi connectivity index (χ0n) is 12.2. The summed E-state index contributed by atoms with van der Waals surface area (Å²) in [6, 6.07) is 2.15. The average Bonchev–Trinajstić information content (AvgIpc) is 2.73. The lowest BCUT2D eigenvalue weighted by Gasteiger charge is -2.30. The van der Waals surface area contributed by atoms with Crippen LogP contribution in [-0.4, -0.2) is 34.1 Å². The quantitative estimate of drug-likeness (QED) is 0.866. The third kappa shape index (κ3) is 3.05. The smallest absolute Gasteiger partial charge is 0.171 e. The van der Waals surface area contributed by atoms with E-state index in [1.165, 1.54) is 0 Å². The Morgan fingerprint density at radius 2 is 2.30 bits per heavy atom. The van der Waals surface area contributed by atoms with Crippen molar-refractivity contribution in [3.8, 4) is 6.07 Å². The summed E-state index contributed by atoms with van der Waals surface area (Å²) in [6.07, 6.45) is 2.34. The molecule has 6 nitrogen and oxygen atoms in total. The van der Waals surface area contributed by atoms with E-state index in [9.17, 15) is 10.4 Å². The minimum atomic E-state index is -0.350. The number of aliphatic hydroxyl groups excluding tert-OH is 1. The predicted octanol–water partition coefficient (Wildman–Crippen LogP) is 1.34. The lowest BCUT2D eigenvalue weighted by atomic mass is 10.1. The molecule has 0 radical (unpaired) electrons. The van der Waals surface area contributed by atoms with Gasteiger partial charge < -0.3 is 15.7 Å². The van der Waals surface area contributed by atoms with Gasteiger partial charge in [-0.1, -0.05) is 13.8 Å². The number of β-amino-alcohol motifs (C(OH)–C–C–N with tert-alkyl or cyclic N) is 1. The first kappa shape index (κ1) is 14.7. The van der Waals surface area contributed by atoms with Gasteiger partial charge in [-0.25, -0.2) is 4.68 Å². The Bertz CT molecular complexity index is 502. The monoisotopic (exact) mass is 277 g/mol. The van der Waals surface area contributed by atoms with Crippen LogP contribution < -0.4 is 10.6 Å². The van der Waals surface area contributed by atoms with Gasteiger partial charge in [0.25, 0.3) is 0 Å². The van der Waals surface area contributed by atoms with Gasteiger partial charge in [-0.15, -0.1) is 0 Å². The van der Waals surface area contributed by atoms with Crippen LogP contribution in [0.2, 0.25) is 0 Å². The van der Waals surface area contributed by atoms with Gasteiger partial charge in [0.1, 0.15) is 17.5 Å². The first-order valence-corrected chi connectivity index (χ1v) is 7.22. The molecule has 0 saturated carbocycles. The molecule has 1 saturated heterocycles. The van der Waals surface area contributed by atoms with Crippen molar-refractivity contribution in [1.82, 2.24) is 9.78 Å². The van der Waals surface area contributed by atoms with Gasteiger partial charge in [-0.05, 0) is 25.2 Å². The number of rotatable bonds is 4. The fourth-order valence-electron chi connectivity index (χ4n) is 2.49. The molecule has 20 heavy (non-hydrogen) atoms. The minimum Gasteiger partial charge on any atom is -0.391 e. The summed E-state index contributed by atoms with van der Waals surface area (Å²) in [5.74, 6) is 1.61. The highest BCUT2D eigenvalue weighted by atomic mass is 16.3. The van der Waals surface area contributed by atoms with Crippen molar-refractivity contribution in [3.05, 3.63) is 5.56 Å². The Hall–Kier alpha value is -1.74. The second-order valence-corrected chi connectivity index (χ2v) is 5.84. The first-order valence-electron chi connectivity index (χ1n) is 7.22. The largest absolute Gasteiger partial charge is 0.391 e. The lowest BCUT2D eigenvalue weighted by Crippen LogP contribution is -2.38. The number of hydrogen-bond acceptors (Lipinski definition) is 5. The Balaban J connectivity index is 2.24. The fourth-order valence-corrected chi connectivity index (χ4v) is 2.49. The van der Waals surface area contributed by atoms with E-state index in [0.29, 0.717) is 36.2 Å². The fraction of sp³-hybridized carbons (Fsp3) is 0.714. The maximum absolute atomic E-state index is 9.77. The third-order valence-electron chi connectivity index (χ3n) is 3.70. The summed E-state index contributed by atoms with van der Waals surface area (Å²) < 4.78 is 1.72. The van der Waals surface area contributed by atoms with E-state index in [2.05, 4.69) is 25.0 Å². The number of aromatic nitrogens is 2. The van der Waals surface area contributed by atoms with Crippen LogP contribution in [0.1, 0.15) is 38.7 Å². The van der Waals surface area contributed by atoms with Gasteiger partial charge in [0.15, 0.2) is 5.82 Å².